The van der Waals surface area contributed by atoms with Crippen molar-refractivity contribution < 1.29 is 18.9 Å². The fourth-order valence-corrected chi connectivity index (χ4v) is 2.21. The fourth-order valence-electron chi connectivity index (χ4n) is 2.21. The van der Waals surface area contributed by atoms with Crippen molar-refractivity contribution in [2.45, 2.75) is 20.0 Å². The molecule has 1 atom stereocenters. The minimum absolute atomic E-state index is 0.0392. The first-order valence-electron chi connectivity index (χ1n) is 7.64. The Bertz CT molecular complexity index is 960. The van der Waals surface area contributed by atoms with Crippen LogP contribution < -0.4 is 0 Å². The van der Waals surface area contributed by atoms with Crippen LogP contribution in [-0.4, -0.2) is 30.9 Å². The molecule has 0 saturated heterocycles. The molecule has 3 rings (SSSR count). The number of aryl methyl sites for hydroxylation is 1. The summed E-state index contributed by atoms with van der Waals surface area (Å²) < 4.78 is 12.4. The Morgan fingerprint density at radius 3 is 2.58 bits per heavy atom. The molecule has 0 bridgehead atoms. The van der Waals surface area contributed by atoms with Crippen molar-refractivity contribution in [3.63, 3.8) is 0 Å². The molecule has 134 valence electrons. The van der Waals surface area contributed by atoms with Crippen LogP contribution >= 0.6 is 0 Å². The average molecular weight is 357 g/mol. The second-order valence-electron chi connectivity index (χ2n) is 5.56. The number of hydrogen-bond acceptors (Lipinski definition) is 8. The Labute approximate surface area is 147 Å². The molecule has 1 unspecified atom stereocenters. The van der Waals surface area contributed by atoms with E-state index in [2.05, 4.69) is 15.3 Å². The lowest BCUT2D eigenvalue weighted by molar-refractivity contribution is -0.384. The first kappa shape index (κ1) is 17.3. The van der Waals surface area contributed by atoms with Crippen LogP contribution in [0.5, 0.6) is 0 Å². The van der Waals surface area contributed by atoms with Gasteiger partial charge in [-0.05, 0) is 26.0 Å². The van der Waals surface area contributed by atoms with Crippen LogP contribution in [0.15, 0.2) is 34.9 Å². The van der Waals surface area contributed by atoms with E-state index in [4.69, 9.17) is 9.15 Å². The van der Waals surface area contributed by atoms with Gasteiger partial charge in [-0.3, -0.25) is 14.8 Å². The zero-order chi connectivity index (χ0) is 18.8. The summed E-state index contributed by atoms with van der Waals surface area (Å²) in [4.78, 5) is 22.4. The van der Waals surface area contributed by atoms with Crippen LogP contribution in [0.2, 0.25) is 0 Å². The molecule has 26 heavy (non-hydrogen) atoms. The van der Waals surface area contributed by atoms with E-state index < -0.39 is 17.0 Å². The number of nitro groups is 1. The van der Waals surface area contributed by atoms with Gasteiger partial charge in [0.15, 0.2) is 6.10 Å². The van der Waals surface area contributed by atoms with Crippen molar-refractivity contribution in [3.05, 3.63) is 57.7 Å². The van der Waals surface area contributed by atoms with Gasteiger partial charge in [-0.15, -0.1) is 10.2 Å². The molecule has 2 heterocycles. The number of ether oxygens (including phenoxy) is 1. The molecule has 0 aliphatic carbocycles. The summed E-state index contributed by atoms with van der Waals surface area (Å²) in [5, 5.41) is 22.4. The number of nitrogens with zero attached hydrogens (tertiary/aromatic N) is 5. The van der Waals surface area contributed by atoms with E-state index in [0.717, 1.165) is 0 Å². The maximum atomic E-state index is 12.2. The molecule has 0 saturated carbocycles. The molecular weight excluding hydrogens is 342 g/mol. The van der Waals surface area contributed by atoms with Gasteiger partial charge in [-0.25, -0.2) is 4.79 Å². The van der Waals surface area contributed by atoms with Crippen molar-refractivity contribution in [3.8, 4) is 11.5 Å². The van der Waals surface area contributed by atoms with Gasteiger partial charge in [0.1, 0.15) is 5.56 Å². The zero-order valence-electron chi connectivity index (χ0n) is 14.2. The standard InChI is InChI=1S/C16H15N5O5/c1-9-13(8-17-20(9)3)16(22)25-10(2)14-18-19-15(26-14)11-4-6-12(7-5-11)21(23)24/h4-8,10H,1-3H3. The Balaban J connectivity index is 1.73. The van der Waals surface area contributed by atoms with E-state index in [0.29, 0.717) is 16.8 Å². The summed E-state index contributed by atoms with van der Waals surface area (Å²) in [6.07, 6.45) is 0.668. The molecule has 10 nitrogen and oxygen atoms in total. The molecule has 2 aromatic heterocycles. The van der Waals surface area contributed by atoms with E-state index in [1.54, 1.807) is 25.6 Å². The minimum Gasteiger partial charge on any atom is -0.449 e. The summed E-state index contributed by atoms with van der Waals surface area (Å²) in [5.41, 5.74) is 1.52. The number of carbonyl (C=O) groups is 1. The molecule has 0 N–H and O–H groups in total. The SMILES string of the molecule is Cc1c(C(=O)OC(C)c2nnc(-c3ccc([N+](=O)[O-])cc3)o2)cnn1C. The number of rotatable bonds is 5. The third-order valence-electron chi connectivity index (χ3n) is 3.85. The predicted octanol–water partition coefficient (Wildman–Crippen LogP) is 2.60. The molecule has 3 aromatic rings. The van der Waals surface area contributed by atoms with Crippen molar-refractivity contribution in [2.75, 3.05) is 0 Å². The Kier molecular flexibility index (Phi) is 4.48. The highest BCUT2D eigenvalue weighted by Gasteiger charge is 2.22. The Morgan fingerprint density at radius 2 is 2.00 bits per heavy atom. The Morgan fingerprint density at radius 1 is 1.31 bits per heavy atom. The van der Waals surface area contributed by atoms with Gasteiger partial charge in [0.2, 0.25) is 5.89 Å². The molecule has 1 aromatic carbocycles. The fraction of sp³-hybridized carbons (Fsp3) is 0.250. The normalized spacial score (nSPS) is 12.0. The molecule has 0 aliphatic heterocycles. The second kappa shape index (κ2) is 6.75. The van der Waals surface area contributed by atoms with Crippen molar-refractivity contribution in [1.29, 1.82) is 0 Å². The summed E-state index contributed by atoms with van der Waals surface area (Å²) in [6, 6.07) is 5.69. The smallest absolute Gasteiger partial charge is 0.342 e. The van der Waals surface area contributed by atoms with E-state index in [1.807, 2.05) is 0 Å². The number of non-ortho nitro benzene ring substituents is 1. The molecule has 0 radical (unpaired) electrons. The maximum absolute atomic E-state index is 12.2. The van der Waals surface area contributed by atoms with Crippen molar-refractivity contribution in [1.82, 2.24) is 20.0 Å². The largest absolute Gasteiger partial charge is 0.449 e. The summed E-state index contributed by atoms with van der Waals surface area (Å²) in [7, 11) is 1.73. The minimum atomic E-state index is -0.763. The maximum Gasteiger partial charge on any atom is 0.342 e. The average Bonchev–Trinajstić information content (AvgIpc) is 3.23. The van der Waals surface area contributed by atoms with E-state index in [1.165, 1.54) is 30.5 Å². The molecule has 10 heteroatoms. The zero-order valence-corrected chi connectivity index (χ0v) is 14.2. The second-order valence-corrected chi connectivity index (χ2v) is 5.56. The number of hydrogen-bond donors (Lipinski definition) is 0. The summed E-state index contributed by atoms with van der Waals surface area (Å²) in [5.74, 6) is -0.248. The number of esters is 1. The van der Waals surface area contributed by atoms with Gasteiger partial charge in [0, 0.05) is 30.4 Å². The van der Waals surface area contributed by atoms with Crippen LogP contribution in [0, 0.1) is 17.0 Å². The molecule has 0 fully saturated rings. The van der Waals surface area contributed by atoms with Gasteiger partial charge in [0.05, 0.1) is 11.1 Å². The van der Waals surface area contributed by atoms with Gasteiger partial charge in [-0.2, -0.15) is 5.10 Å². The quantitative estimate of drug-likeness (QED) is 0.387. The molecule has 0 amide bonds. The van der Waals surface area contributed by atoms with Crippen LogP contribution in [0.1, 0.15) is 35.0 Å². The first-order chi connectivity index (χ1) is 12.4. The summed E-state index contributed by atoms with van der Waals surface area (Å²) in [6.45, 7) is 3.37. The van der Waals surface area contributed by atoms with Crippen LogP contribution in [0.3, 0.4) is 0 Å². The lowest BCUT2D eigenvalue weighted by Crippen LogP contribution is -2.10. The highest BCUT2D eigenvalue weighted by atomic mass is 16.6. The molecule has 0 aliphatic rings. The van der Waals surface area contributed by atoms with Crippen molar-refractivity contribution in [2.24, 2.45) is 7.05 Å². The van der Waals surface area contributed by atoms with Crippen LogP contribution in [0.25, 0.3) is 11.5 Å². The van der Waals surface area contributed by atoms with Crippen molar-refractivity contribution >= 4 is 11.7 Å². The third-order valence-corrected chi connectivity index (χ3v) is 3.85. The highest BCUT2D eigenvalue weighted by Crippen LogP contribution is 2.25. The highest BCUT2D eigenvalue weighted by molar-refractivity contribution is 5.90. The predicted molar refractivity (Wildman–Crippen MR) is 88.2 cm³/mol. The van der Waals surface area contributed by atoms with Crippen LogP contribution in [-0.2, 0) is 11.8 Å². The number of carbonyl (C=O) groups excluding carboxylic acids is 1. The monoisotopic (exact) mass is 357 g/mol. The molecular formula is C16H15N5O5. The lowest BCUT2D eigenvalue weighted by atomic mass is 10.2. The third kappa shape index (κ3) is 3.29. The number of aromatic nitrogens is 4. The van der Waals surface area contributed by atoms with Crippen LogP contribution in [0.4, 0.5) is 5.69 Å². The van der Waals surface area contributed by atoms with E-state index in [-0.39, 0.29) is 17.5 Å². The molecule has 0 spiro atoms. The number of benzene rings is 1. The van der Waals surface area contributed by atoms with Gasteiger partial charge in [0.25, 0.3) is 11.6 Å². The lowest BCUT2D eigenvalue weighted by Gasteiger charge is -2.08. The van der Waals surface area contributed by atoms with Gasteiger partial charge >= 0.3 is 5.97 Å². The Hall–Kier alpha value is -3.56. The first-order valence-corrected chi connectivity index (χ1v) is 7.64. The summed E-state index contributed by atoms with van der Waals surface area (Å²) >= 11 is 0. The van der Waals surface area contributed by atoms with Gasteiger partial charge < -0.3 is 9.15 Å². The van der Waals surface area contributed by atoms with E-state index >= 15 is 0 Å². The number of nitro benzene ring substituents is 1. The van der Waals surface area contributed by atoms with Gasteiger partial charge in [-0.1, -0.05) is 0 Å². The topological polar surface area (TPSA) is 126 Å². The van der Waals surface area contributed by atoms with E-state index in [9.17, 15) is 14.9 Å².